The maximum absolute atomic E-state index is 12.2. The zero-order chi connectivity index (χ0) is 16.5. The van der Waals surface area contributed by atoms with Gasteiger partial charge >= 0.3 is 12.1 Å². The van der Waals surface area contributed by atoms with E-state index in [1.807, 2.05) is 6.92 Å². The number of nitrogens with zero attached hydrogens (tertiary/aromatic N) is 1. The highest BCUT2D eigenvalue weighted by Gasteiger charge is 2.25. The van der Waals surface area contributed by atoms with Crippen LogP contribution in [0.5, 0.6) is 0 Å². The van der Waals surface area contributed by atoms with Crippen molar-refractivity contribution in [1.29, 1.82) is 0 Å². The molecule has 0 aromatic carbocycles. The maximum atomic E-state index is 12.2. The van der Waals surface area contributed by atoms with Gasteiger partial charge < -0.3 is 20.3 Å². The number of ether oxygens (including phenoxy) is 1. The van der Waals surface area contributed by atoms with Gasteiger partial charge in [-0.25, -0.2) is 9.59 Å². The monoisotopic (exact) mass is 325 g/mol. The predicted octanol–water partition coefficient (Wildman–Crippen LogP) is 3.02. The largest absolute Gasteiger partial charge is 0.450 e. The number of carbonyl (C=O) groups is 2. The average Bonchev–Trinajstić information content (AvgIpc) is 2.51. The average molecular weight is 325 g/mol. The summed E-state index contributed by atoms with van der Waals surface area (Å²) in [4.78, 5) is 25.5. The molecule has 0 radical (unpaired) electrons. The first-order chi connectivity index (χ1) is 11.2. The summed E-state index contributed by atoms with van der Waals surface area (Å²) in [7, 11) is 0. The number of likely N-dealkylation sites (tertiary alicyclic amines) is 1. The number of urea groups is 1. The van der Waals surface area contributed by atoms with E-state index in [-0.39, 0.29) is 18.2 Å². The Hall–Kier alpha value is -1.46. The topological polar surface area (TPSA) is 70.7 Å². The van der Waals surface area contributed by atoms with Crippen LogP contribution in [0.2, 0.25) is 0 Å². The lowest BCUT2D eigenvalue weighted by atomic mass is 9.97. The van der Waals surface area contributed by atoms with Crippen LogP contribution in [-0.4, -0.2) is 48.8 Å². The first-order valence-corrected chi connectivity index (χ1v) is 9.17. The number of amides is 3. The first-order valence-electron chi connectivity index (χ1n) is 9.17. The third kappa shape index (κ3) is 6.28. The smallest absolute Gasteiger partial charge is 0.409 e. The van der Waals surface area contributed by atoms with Crippen LogP contribution in [0.4, 0.5) is 9.59 Å². The second-order valence-corrected chi connectivity index (χ2v) is 6.62. The molecule has 0 aromatic rings. The van der Waals surface area contributed by atoms with Crippen molar-refractivity contribution >= 4 is 12.1 Å². The molecule has 132 valence electrons. The fraction of sp³-hybridized carbons (Fsp3) is 0.882. The van der Waals surface area contributed by atoms with Crippen LogP contribution >= 0.6 is 0 Å². The fourth-order valence-corrected chi connectivity index (χ4v) is 3.43. The summed E-state index contributed by atoms with van der Waals surface area (Å²) in [5, 5.41) is 6.20. The Morgan fingerprint density at radius 1 is 0.913 bits per heavy atom. The van der Waals surface area contributed by atoms with Gasteiger partial charge in [-0.2, -0.15) is 0 Å². The van der Waals surface area contributed by atoms with Gasteiger partial charge in [0, 0.05) is 25.2 Å². The van der Waals surface area contributed by atoms with Gasteiger partial charge in [-0.05, 0) is 32.6 Å². The van der Waals surface area contributed by atoms with Crippen molar-refractivity contribution in [3.63, 3.8) is 0 Å². The highest BCUT2D eigenvalue weighted by atomic mass is 16.6. The molecule has 3 amide bonds. The van der Waals surface area contributed by atoms with E-state index >= 15 is 0 Å². The molecular formula is C17H31N3O3. The molecule has 2 aliphatic rings. The quantitative estimate of drug-likeness (QED) is 0.838. The predicted molar refractivity (Wildman–Crippen MR) is 89.4 cm³/mol. The van der Waals surface area contributed by atoms with Gasteiger partial charge in [0.1, 0.15) is 0 Å². The molecule has 1 saturated heterocycles. The van der Waals surface area contributed by atoms with Crippen molar-refractivity contribution < 1.29 is 14.3 Å². The molecule has 6 nitrogen and oxygen atoms in total. The first kappa shape index (κ1) is 17.9. The Morgan fingerprint density at radius 3 is 2.00 bits per heavy atom. The molecule has 2 N–H and O–H groups in total. The summed E-state index contributed by atoms with van der Waals surface area (Å²) in [6.07, 6.45) is 9.84. The molecule has 1 heterocycles. The molecule has 6 heteroatoms. The third-order valence-corrected chi connectivity index (χ3v) is 4.80. The molecule has 0 atom stereocenters. The standard InChI is InChI=1S/C17H31N3O3/c1-2-23-17(22)20-12-10-15(11-13-20)19-16(21)18-14-8-6-4-3-5-7-9-14/h14-15H,2-13H2,1H3,(H2,18,19,21). The van der Waals surface area contributed by atoms with Crippen LogP contribution in [0.25, 0.3) is 0 Å². The van der Waals surface area contributed by atoms with Crippen molar-refractivity contribution in [2.45, 2.75) is 76.8 Å². The SMILES string of the molecule is CCOC(=O)N1CCC(NC(=O)NC2CCCCCCC2)CC1. The van der Waals surface area contributed by atoms with Crippen LogP contribution in [0.1, 0.15) is 64.7 Å². The molecular weight excluding hydrogens is 294 g/mol. The number of rotatable bonds is 3. The lowest BCUT2D eigenvalue weighted by Crippen LogP contribution is -2.51. The molecule has 1 aliphatic carbocycles. The van der Waals surface area contributed by atoms with Gasteiger partial charge in [0.05, 0.1) is 6.61 Å². The van der Waals surface area contributed by atoms with Crippen molar-refractivity contribution in [2.24, 2.45) is 0 Å². The summed E-state index contributed by atoms with van der Waals surface area (Å²) in [5.74, 6) is 0. The Balaban J connectivity index is 1.66. The minimum Gasteiger partial charge on any atom is -0.450 e. The third-order valence-electron chi connectivity index (χ3n) is 4.80. The van der Waals surface area contributed by atoms with E-state index in [2.05, 4.69) is 10.6 Å². The van der Waals surface area contributed by atoms with E-state index in [1.54, 1.807) is 4.90 Å². The number of carbonyl (C=O) groups excluding carboxylic acids is 2. The zero-order valence-corrected chi connectivity index (χ0v) is 14.3. The van der Waals surface area contributed by atoms with Crippen LogP contribution in [0, 0.1) is 0 Å². The molecule has 0 unspecified atom stereocenters. The zero-order valence-electron chi connectivity index (χ0n) is 14.3. The Morgan fingerprint density at radius 2 is 1.43 bits per heavy atom. The van der Waals surface area contributed by atoms with Crippen LogP contribution in [0.15, 0.2) is 0 Å². The maximum Gasteiger partial charge on any atom is 0.409 e. The summed E-state index contributed by atoms with van der Waals surface area (Å²) >= 11 is 0. The van der Waals surface area contributed by atoms with Crippen molar-refractivity contribution in [3.8, 4) is 0 Å². The van der Waals surface area contributed by atoms with E-state index < -0.39 is 0 Å². The van der Waals surface area contributed by atoms with E-state index in [9.17, 15) is 9.59 Å². The molecule has 2 fully saturated rings. The number of piperidine rings is 1. The number of nitrogens with one attached hydrogen (secondary N) is 2. The van der Waals surface area contributed by atoms with Gasteiger partial charge in [-0.3, -0.25) is 0 Å². The highest BCUT2D eigenvalue weighted by molar-refractivity contribution is 5.74. The van der Waals surface area contributed by atoms with Crippen molar-refractivity contribution in [1.82, 2.24) is 15.5 Å². The number of hydrogen-bond donors (Lipinski definition) is 2. The molecule has 1 aliphatic heterocycles. The van der Waals surface area contributed by atoms with E-state index in [0.29, 0.717) is 25.7 Å². The molecule has 0 spiro atoms. The van der Waals surface area contributed by atoms with Crippen molar-refractivity contribution in [2.75, 3.05) is 19.7 Å². The van der Waals surface area contributed by atoms with Crippen LogP contribution in [0.3, 0.4) is 0 Å². The summed E-state index contributed by atoms with van der Waals surface area (Å²) in [6, 6.07) is 0.411. The molecule has 0 aromatic heterocycles. The molecule has 1 saturated carbocycles. The van der Waals surface area contributed by atoms with Gasteiger partial charge in [0.15, 0.2) is 0 Å². The van der Waals surface area contributed by atoms with Crippen molar-refractivity contribution in [3.05, 3.63) is 0 Å². The van der Waals surface area contributed by atoms with E-state index in [0.717, 1.165) is 25.7 Å². The summed E-state index contributed by atoms with van der Waals surface area (Å²) in [6.45, 7) is 3.51. The fourth-order valence-electron chi connectivity index (χ4n) is 3.43. The Labute approximate surface area is 139 Å². The minimum atomic E-state index is -0.245. The molecule has 0 bridgehead atoms. The van der Waals surface area contributed by atoms with E-state index in [4.69, 9.17) is 4.74 Å². The highest BCUT2D eigenvalue weighted by Crippen LogP contribution is 2.17. The lowest BCUT2D eigenvalue weighted by Gasteiger charge is -2.32. The van der Waals surface area contributed by atoms with Gasteiger partial charge in [0.25, 0.3) is 0 Å². The van der Waals surface area contributed by atoms with Crippen LogP contribution in [-0.2, 0) is 4.74 Å². The van der Waals surface area contributed by atoms with E-state index in [1.165, 1.54) is 32.1 Å². The van der Waals surface area contributed by atoms with Gasteiger partial charge in [-0.15, -0.1) is 0 Å². The normalized spacial score (nSPS) is 21.2. The second kappa shape index (κ2) is 9.63. The molecule has 23 heavy (non-hydrogen) atoms. The lowest BCUT2D eigenvalue weighted by molar-refractivity contribution is 0.0957. The minimum absolute atomic E-state index is 0.0508. The van der Waals surface area contributed by atoms with Gasteiger partial charge in [0.2, 0.25) is 0 Å². The summed E-state index contributed by atoms with van der Waals surface area (Å²) < 4.78 is 5.01. The summed E-state index contributed by atoms with van der Waals surface area (Å²) in [5.41, 5.74) is 0. The van der Waals surface area contributed by atoms with Gasteiger partial charge in [-0.1, -0.05) is 32.1 Å². The second-order valence-electron chi connectivity index (χ2n) is 6.62. The Kier molecular flexibility index (Phi) is 7.49. The Bertz CT molecular complexity index is 373. The van der Waals surface area contributed by atoms with Crippen LogP contribution < -0.4 is 10.6 Å². The molecule has 2 rings (SSSR count). The number of hydrogen-bond acceptors (Lipinski definition) is 3.